The van der Waals surface area contributed by atoms with E-state index in [0.717, 1.165) is 16.2 Å². The molecule has 0 aliphatic carbocycles. The molecule has 7 heteroatoms. The SMILES string of the molecule is NC(=NNC(=O)c1ccncc1)c1cc2c(ccc3ccccc32)oc1=O. The third-order valence-corrected chi connectivity index (χ3v) is 4.14. The third-order valence-electron chi connectivity index (χ3n) is 4.14. The van der Waals surface area contributed by atoms with Crippen LogP contribution in [0.1, 0.15) is 15.9 Å². The van der Waals surface area contributed by atoms with Crippen LogP contribution in [0.4, 0.5) is 0 Å². The number of rotatable bonds is 3. The number of hydrogen-bond donors (Lipinski definition) is 2. The summed E-state index contributed by atoms with van der Waals surface area (Å²) in [6, 6.07) is 16.0. The van der Waals surface area contributed by atoms with Gasteiger partial charge in [-0.3, -0.25) is 9.78 Å². The van der Waals surface area contributed by atoms with Gasteiger partial charge in [0.1, 0.15) is 11.1 Å². The first-order valence-electron chi connectivity index (χ1n) is 8.13. The van der Waals surface area contributed by atoms with Gasteiger partial charge in [0.05, 0.1) is 0 Å². The minimum absolute atomic E-state index is 0.0777. The predicted molar refractivity (Wildman–Crippen MR) is 102 cm³/mol. The number of benzene rings is 2. The van der Waals surface area contributed by atoms with Crippen molar-refractivity contribution in [2.45, 2.75) is 0 Å². The van der Waals surface area contributed by atoms with E-state index in [2.05, 4.69) is 15.5 Å². The quantitative estimate of drug-likeness (QED) is 0.192. The fourth-order valence-corrected chi connectivity index (χ4v) is 2.79. The van der Waals surface area contributed by atoms with Gasteiger partial charge < -0.3 is 10.2 Å². The van der Waals surface area contributed by atoms with Gasteiger partial charge in [-0.25, -0.2) is 10.2 Å². The Morgan fingerprint density at radius 3 is 2.63 bits per heavy atom. The van der Waals surface area contributed by atoms with Gasteiger partial charge in [-0.2, -0.15) is 5.10 Å². The Labute approximate surface area is 153 Å². The molecule has 0 saturated heterocycles. The molecule has 0 aliphatic heterocycles. The number of pyridine rings is 1. The lowest BCUT2D eigenvalue weighted by atomic mass is 10.0. The number of aromatic nitrogens is 1. The Kier molecular flexibility index (Phi) is 4.10. The molecular weight excluding hydrogens is 344 g/mol. The molecule has 2 aromatic carbocycles. The van der Waals surface area contributed by atoms with E-state index in [-0.39, 0.29) is 11.4 Å². The number of nitrogens with one attached hydrogen (secondary N) is 1. The Morgan fingerprint density at radius 1 is 1.04 bits per heavy atom. The van der Waals surface area contributed by atoms with Crippen molar-refractivity contribution in [3.63, 3.8) is 0 Å². The number of nitrogens with zero attached hydrogens (tertiary/aromatic N) is 2. The summed E-state index contributed by atoms with van der Waals surface area (Å²) in [4.78, 5) is 28.2. The molecule has 0 saturated carbocycles. The molecule has 27 heavy (non-hydrogen) atoms. The number of carbonyl (C=O) groups is 1. The van der Waals surface area contributed by atoms with Crippen LogP contribution in [-0.4, -0.2) is 16.7 Å². The van der Waals surface area contributed by atoms with Gasteiger partial charge in [0.2, 0.25) is 0 Å². The smallest absolute Gasteiger partial charge is 0.347 e. The molecule has 0 unspecified atom stereocenters. The van der Waals surface area contributed by atoms with Crippen molar-refractivity contribution in [2.24, 2.45) is 10.8 Å². The number of fused-ring (bicyclic) bond motifs is 3. The predicted octanol–water partition coefficient (Wildman–Crippen LogP) is 2.39. The van der Waals surface area contributed by atoms with Crippen molar-refractivity contribution in [1.82, 2.24) is 10.4 Å². The van der Waals surface area contributed by atoms with Crippen LogP contribution in [0, 0.1) is 0 Å². The van der Waals surface area contributed by atoms with Crippen LogP contribution in [0.5, 0.6) is 0 Å². The maximum atomic E-state index is 12.3. The molecule has 7 nitrogen and oxygen atoms in total. The van der Waals surface area contributed by atoms with Crippen LogP contribution in [0.15, 0.2) is 81.3 Å². The van der Waals surface area contributed by atoms with Gasteiger partial charge in [0, 0.05) is 23.3 Å². The van der Waals surface area contributed by atoms with E-state index in [4.69, 9.17) is 10.2 Å². The second kappa shape index (κ2) is 6.72. The van der Waals surface area contributed by atoms with Gasteiger partial charge in [-0.1, -0.05) is 30.3 Å². The van der Waals surface area contributed by atoms with Crippen molar-refractivity contribution in [2.75, 3.05) is 0 Å². The normalized spacial score (nSPS) is 11.6. The van der Waals surface area contributed by atoms with Gasteiger partial charge in [0.15, 0.2) is 5.84 Å². The Balaban J connectivity index is 1.74. The van der Waals surface area contributed by atoms with Crippen LogP contribution in [-0.2, 0) is 0 Å². The lowest BCUT2D eigenvalue weighted by Crippen LogP contribution is -2.27. The van der Waals surface area contributed by atoms with E-state index >= 15 is 0 Å². The van der Waals surface area contributed by atoms with Crippen LogP contribution in [0.2, 0.25) is 0 Å². The first kappa shape index (κ1) is 16.5. The summed E-state index contributed by atoms with van der Waals surface area (Å²) in [5.74, 6) is -0.600. The van der Waals surface area contributed by atoms with E-state index < -0.39 is 11.5 Å². The highest BCUT2D eigenvalue weighted by Gasteiger charge is 2.12. The summed E-state index contributed by atoms with van der Waals surface area (Å²) in [6.07, 6.45) is 2.98. The zero-order valence-corrected chi connectivity index (χ0v) is 14.0. The number of carbonyl (C=O) groups excluding carboxylic acids is 1. The molecule has 4 rings (SSSR count). The molecule has 0 spiro atoms. The second-order valence-electron chi connectivity index (χ2n) is 5.82. The second-order valence-corrected chi connectivity index (χ2v) is 5.82. The molecule has 0 radical (unpaired) electrons. The molecule has 0 aliphatic rings. The summed E-state index contributed by atoms with van der Waals surface area (Å²) >= 11 is 0. The van der Waals surface area contributed by atoms with E-state index in [1.165, 1.54) is 24.5 Å². The molecule has 132 valence electrons. The zero-order valence-electron chi connectivity index (χ0n) is 14.0. The first-order valence-corrected chi connectivity index (χ1v) is 8.13. The lowest BCUT2D eigenvalue weighted by Gasteiger charge is -2.06. The number of hydrogen-bond acceptors (Lipinski definition) is 5. The summed E-state index contributed by atoms with van der Waals surface area (Å²) in [6.45, 7) is 0. The number of hydrazone groups is 1. The summed E-state index contributed by atoms with van der Waals surface area (Å²) in [5, 5.41) is 6.50. The van der Waals surface area contributed by atoms with E-state index in [0.29, 0.717) is 11.1 Å². The van der Waals surface area contributed by atoms with Crippen molar-refractivity contribution in [1.29, 1.82) is 0 Å². The maximum absolute atomic E-state index is 12.3. The lowest BCUT2D eigenvalue weighted by molar-refractivity contribution is 0.0954. The molecule has 2 aromatic heterocycles. The third kappa shape index (κ3) is 3.13. The van der Waals surface area contributed by atoms with Crippen molar-refractivity contribution in [3.05, 3.63) is 88.5 Å². The van der Waals surface area contributed by atoms with Gasteiger partial charge in [0.25, 0.3) is 5.91 Å². The summed E-state index contributed by atoms with van der Waals surface area (Å²) in [7, 11) is 0. The Hall–Kier alpha value is -4.00. The minimum atomic E-state index is -0.628. The van der Waals surface area contributed by atoms with Crippen molar-refractivity contribution >= 4 is 33.5 Å². The molecule has 3 N–H and O–H groups in total. The maximum Gasteiger partial charge on any atom is 0.347 e. The fraction of sp³-hybridized carbons (Fsp3) is 0. The largest absolute Gasteiger partial charge is 0.422 e. The fourth-order valence-electron chi connectivity index (χ4n) is 2.79. The molecule has 0 bridgehead atoms. The number of amidine groups is 1. The molecule has 2 heterocycles. The number of nitrogens with two attached hydrogens (primary N) is 1. The minimum Gasteiger partial charge on any atom is -0.422 e. The topological polar surface area (TPSA) is 111 Å². The van der Waals surface area contributed by atoms with Crippen LogP contribution < -0.4 is 16.8 Å². The monoisotopic (exact) mass is 358 g/mol. The Morgan fingerprint density at radius 2 is 1.81 bits per heavy atom. The van der Waals surface area contributed by atoms with Gasteiger partial charge in [-0.05, 0) is 35.0 Å². The van der Waals surface area contributed by atoms with E-state index in [1.807, 2.05) is 30.3 Å². The Bertz CT molecular complexity index is 1250. The zero-order chi connectivity index (χ0) is 18.8. The van der Waals surface area contributed by atoms with E-state index in [9.17, 15) is 9.59 Å². The molecular formula is C20H14N4O3. The van der Waals surface area contributed by atoms with Crippen molar-refractivity contribution in [3.8, 4) is 0 Å². The molecule has 0 atom stereocenters. The highest BCUT2D eigenvalue weighted by Crippen LogP contribution is 2.24. The first-order chi connectivity index (χ1) is 13.1. The molecule has 0 fully saturated rings. The van der Waals surface area contributed by atoms with Gasteiger partial charge in [-0.15, -0.1) is 0 Å². The molecule has 4 aromatic rings. The van der Waals surface area contributed by atoms with E-state index in [1.54, 1.807) is 12.1 Å². The van der Waals surface area contributed by atoms with Crippen LogP contribution in [0.3, 0.4) is 0 Å². The summed E-state index contributed by atoms with van der Waals surface area (Å²) in [5.41, 5.74) is 8.52. The summed E-state index contributed by atoms with van der Waals surface area (Å²) < 4.78 is 5.38. The average Bonchev–Trinajstić information content (AvgIpc) is 2.71. The van der Waals surface area contributed by atoms with Crippen LogP contribution in [0.25, 0.3) is 21.7 Å². The average molecular weight is 358 g/mol. The van der Waals surface area contributed by atoms with Crippen LogP contribution >= 0.6 is 0 Å². The van der Waals surface area contributed by atoms with Crippen molar-refractivity contribution < 1.29 is 9.21 Å². The standard InChI is InChI=1S/C20H14N4O3/c21-18(23-24-19(25)13-7-9-22-10-8-13)16-11-15-14-4-2-1-3-12(14)5-6-17(15)27-20(16)26/h1-11H,(H2,21,23)(H,24,25). The highest BCUT2D eigenvalue weighted by atomic mass is 16.4. The number of amides is 1. The highest BCUT2D eigenvalue weighted by molar-refractivity contribution is 6.08. The van der Waals surface area contributed by atoms with Gasteiger partial charge >= 0.3 is 5.63 Å². The molecule has 1 amide bonds.